The Morgan fingerprint density at radius 2 is 0.765 bits per heavy atom. The van der Waals surface area contributed by atoms with Gasteiger partial charge in [-0.1, -0.05) is 0 Å². The molecule has 5 N–H and O–H groups in total. The molecule has 0 aliphatic heterocycles. The Bertz CT molecular complexity index is 160. The van der Waals surface area contributed by atoms with Gasteiger partial charge < -0.3 is 50.5 Å². The van der Waals surface area contributed by atoms with Gasteiger partial charge in [0.1, 0.15) is 0 Å². The van der Waals surface area contributed by atoms with Crippen molar-refractivity contribution in [3.05, 3.63) is 0 Å². The van der Waals surface area contributed by atoms with Crippen molar-refractivity contribution in [2.75, 3.05) is 19.8 Å². The smallest absolute Gasteiger partial charge is 0.548 e. The number of carboxylic acids is 3. The van der Waals surface area contributed by atoms with Crippen LogP contribution in [-0.2, 0) is 14.4 Å². The van der Waals surface area contributed by atoms with Crippen LogP contribution < -0.4 is 15.3 Å². The van der Waals surface area contributed by atoms with Gasteiger partial charge in [0.15, 0.2) is 0 Å². The molecule has 0 atom stereocenters. The van der Waals surface area contributed by atoms with Gasteiger partial charge in [0.05, 0.1) is 37.7 Å². The first-order valence-electron chi connectivity index (χ1n) is 3.23. The van der Waals surface area contributed by atoms with Crippen LogP contribution in [0.3, 0.4) is 0 Å². The van der Waals surface area contributed by atoms with Crippen LogP contribution in [0, 0.1) is 0 Å². The number of carbonyl (C=O) groups is 3. The molecule has 0 rings (SSSR count). The molecule has 0 aliphatic carbocycles. The Balaban J connectivity index is -0.0000000400. The van der Waals surface area contributed by atoms with E-state index in [1.165, 1.54) is 0 Å². The SMILES string of the molecule is O.O=C([O-])CO.O=C([O-])CO.O=C([O-])CO.[Al+3]. The van der Waals surface area contributed by atoms with Gasteiger partial charge in [0, 0.05) is 0 Å². The number of aliphatic carboxylic acids is 3. The van der Waals surface area contributed by atoms with Gasteiger partial charge in [-0.15, -0.1) is 0 Å². The van der Waals surface area contributed by atoms with Crippen molar-refractivity contribution >= 4 is 35.3 Å². The fourth-order valence-electron chi connectivity index (χ4n) is 0. The minimum atomic E-state index is -1.44. The molecule has 17 heavy (non-hydrogen) atoms. The summed E-state index contributed by atoms with van der Waals surface area (Å²) in [6, 6.07) is 0. The molecule has 0 radical (unpaired) electrons. The molecule has 0 fully saturated rings. The van der Waals surface area contributed by atoms with Crippen molar-refractivity contribution in [1.29, 1.82) is 0 Å². The zero-order valence-electron chi connectivity index (χ0n) is 8.49. The summed E-state index contributed by atoms with van der Waals surface area (Å²) >= 11 is 0. The third-order valence-corrected chi connectivity index (χ3v) is 0.387. The van der Waals surface area contributed by atoms with Crippen molar-refractivity contribution in [2.45, 2.75) is 0 Å². The molecule has 98 valence electrons. The molecule has 0 aromatic heterocycles. The van der Waals surface area contributed by atoms with E-state index in [0.717, 1.165) is 0 Å². The van der Waals surface area contributed by atoms with Crippen LogP contribution in [0.15, 0.2) is 0 Å². The summed E-state index contributed by atoms with van der Waals surface area (Å²) in [4.78, 5) is 27.0. The van der Waals surface area contributed by atoms with Gasteiger partial charge in [-0.3, -0.25) is 0 Å². The number of hydrogen-bond acceptors (Lipinski definition) is 9. The van der Waals surface area contributed by atoms with Crippen molar-refractivity contribution in [1.82, 2.24) is 0 Å². The monoisotopic (exact) mass is 270 g/mol. The Morgan fingerprint density at radius 3 is 0.765 bits per heavy atom. The van der Waals surface area contributed by atoms with E-state index in [2.05, 4.69) is 0 Å². The molecule has 0 aromatic rings. The predicted octanol–water partition coefficient (Wildman–Crippen LogP) is -8.02. The minimum Gasteiger partial charge on any atom is -0.548 e. The maximum absolute atomic E-state index is 9.01. The van der Waals surface area contributed by atoms with Crippen LogP contribution in [0.1, 0.15) is 0 Å². The number of aliphatic hydroxyl groups excluding tert-OH is 3. The van der Waals surface area contributed by atoms with Gasteiger partial charge >= 0.3 is 17.4 Å². The van der Waals surface area contributed by atoms with E-state index < -0.39 is 37.7 Å². The van der Waals surface area contributed by atoms with Crippen LogP contribution in [-0.4, -0.2) is 75.9 Å². The molecule has 11 heteroatoms. The van der Waals surface area contributed by atoms with Crippen molar-refractivity contribution in [3.8, 4) is 0 Å². The van der Waals surface area contributed by atoms with Crippen LogP contribution in [0.25, 0.3) is 0 Å². The van der Waals surface area contributed by atoms with Crippen LogP contribution >= 0.6 is 0 Å². The topological polar surface area (TPSA) is 213 Å². The Hall–Kier alpha value is -1.22. The second-order valence-corrected chi connectivity index (χ2v) is 1.59. The van der Waals surface area contributed by atoms with E-state index in [1.807, 2.05) is 0 Å². The third kappa shape index (κ3) is 106. The Morgan fingerprint density at radius 1 is 0.706 bits per heavy atom. The summed E-state index contributed by atoms with van der Waals surface area (Å²) in [6.07, 6.45) is 0. The van der Waals surface area contributed by atoms with Crippen LogP contribution in [0.5, 0.6) is 0 Å². The molecule has 0 saturated carbocycles. The van der Waals surface area contributed by atoms with E-state index in [-0.39, 0.29) is 22.8 Å². The molecule has 10 nitrogen and oxygen atoms in total. The summed E-state index contributed by atoms with van der Waals surface area (Å²) in [7, 11) is 0. The first-order chi connectivity index (χ1) is 6.81. The first-order valence-corrected chi connectivity index (χ1v) is 3.23. The average Bonchev–Trinajstić information content (AvgIpc) is 2.19. The normalized spacial score (nSPS) is 6.53. The van der Waals surface area contributed by atoms with Crippen LogP contribution in [0.4, 0.5) is 0 Å². The molecule has 0 heterocycles. The largest absolute Gasteiger partial charge is 3.00 e. The standard InChI is InChI=1S/3C2H4O3.Al.H2O/c3*3-1-2(4)5;;/h3*3H,1H2,(H,4,5);;1H2/q;;;+3;/p-3. The summed E-state index contributed by atoms with van der Waals surface area (Å²) < 4.78 is 0. The minimum absolute atomic E-state index is 0. The summed E-state index contributed by atoms with van der Waals surface area (Å²) in [6.45, 7) is -2.67. The van der Waals surface area contributed by atoms with E-state index in [1.54, 1.807) is 0 Å². The summed E-state index contributed by atoms with van der Waals surface area (Å²) in [5.74, 6) is -4.32. The Kier molecular flexibility index (Phi) is 42.1. The number of carboxylic acid groups (broad SMARTS) is 3. The zero-order valence-corrected chi connectivity index (χ0v) is 9.64. The third-order valence-electron chi connectivity index (χ3n) is 0.387. The van der Waals surface area contributed by atoms with Gasteiger partial charge in [-0.25, -0.2) is 0 Å². The average molecular weight is 270 g/mol. The fraction of sp³-hybridized carbons (Fsp3) is 0.500. The van der Waals surface area contributed by atoms with Crippen molar-refractivity contribution in [3.63, 3.8) is 0 Å². The molecule has 0 spiro atoms. The zero-order chi connectivity index (χ0) is 12.9. The number of aliphatic hydroxyl groups is 3. The molecular formula is C6H11AlO10. The molecule has 0 aliphatic rings. The van der Waals surface area contributed by atoms with Gasteiger partial charge in [-0.05, 0) is 0 Å². The van der Waals surface area contributed by atoms with Crippen molar-refractivity contribution in [2.24, 2.45) is 0 Å². The molecular weight excluding hydrogens is 259 g/mol. The molecule has 0 bridgehead atoms. The molecule has 0 saturated heterocycles. The van der Waals surface area contributed by atoms with E-state index in [9.17, 15) is 0 Å². The maximum Gasteiger partial charge on any atom is 3.00 e. The van der Waals surface area contributed by atoms with Gasteiger partial charge in [-0.2, -0.15) is 0 Å². The Labute approximate surface area is 106 Å². The van der Waals surface area contributed by atoms with Gasteiger partial charge in [0.25, 0.3) is 0 Å². The number of rotatable bonds is 3. The van der Waals surface area contributed by atoms with Crippen LogP contribution in [0.2, 0.25) is 0 Å². The fourth-order valence-corrected chi connectivity index (χ4v) is 0. The van der Waals surface area contributed by atoms with E-state index in [0.29, 0.717) is 0 Å². The molecule has 0 unspecified atom stereocenters. The quantitative estimate of drug-likeness (QED) is 0.414. The summed E-state index contributed by atoms with van der Waals surface area (Å²) in [5, 5.41) is 49.5. The number of hydrogen-bond donors (Lipinski definition) is 3. The van der Waals surface area contributed by atoms with E-state index in [4.69, 9.17) is 45.0 Å². The first kappa shape index (κ1) is 29.7. The molecule has 0 aromatic carbocycles. The van der Waals surface area contributed by atoms with Gasteiger partial charge in [0.2, 0.25) is 0 Å². The molecule has 0 amide bonds. The summed E-state index contributed by atoms with van der Waals surface area (Å²) in [5.41, 5.74) is 0. The predicted molar refractivity (Wildman–Crippen MR) is 45.6 cm³/mol. The second kappa shape index (κ2) is 24.2. The number of carbonyl (C=O) groups excluding carboxylic acids is 3. The second-order valence-electron chi connectivity index (χ2n) is 1.59. The van der Waals surface area contributed by atoms with E-state index >= 15 is 0 Å². The maximum atomic E-state index is 9.01. The van der Waals surface area contributed by atoms with Crippen molar-refractivity contribution < 1.29 is 50.5 Å².